The van der Waals surface area contributed by atoms with Crippen molar-refractivity contribution in [1.82, 2.24) is 24.9 Å². The highest BCUT2D eigenvalue weighted by molar-refractivity contribution is 7.19. The van der Waals surface area contributed by atoms with Crippen LogP contribution in [0.4, 0.5) is 0 Å². The number of nitrogens with zero attached hydrogens (tertiary/aromatic N) is 3. The summed E-state index contributed by atoms with van der Waals surface area (Å²) in [5, 5.41) is 9.43. The Hall–Kier alpha value is -2.18. The van der Waals surface area contributed by atoms with E-state index in [0.717, 1.165) is 29.0 Å². The topological polar surface area (TPSA) is 58.0 Å². The van der Waals surface area contributed by atoms with Crippen LogP contribution in [0.5, 0.6) is 0 Å². The summed E-state index contributed by atoms with van der Waals surface area (Å²) in [7, 11) is 0. The third-order valence-corrected chi connectivity index (χ3v) is 8.78. The molecule has 6 heteroatoms. The van der Waals surface area contributed by atoms with E-state index in [1.165, 1.54) is 58.5 Å². The van der Waals surface area contributed by atoms with Gasteiger partial charge >= 0.3 is 0 Å². The molecule has 3 atom stereocenters. The average molecular weight is 420 g/mol. The number of hydrogen-bond acceptors (Lipinski definition) is 4. The summed E-state index contributed by atoms with van der Waals surface area (Å²) in [6.07, 6.45) is 6.45. The number of pyridine rings is 1. The Morgan fingerprint density at radius 3 is 2.67 bits per heavy atom. The fourth-order valence-corrected chi connectivity index (χ4v) is 7.41. The molecule has 0 aromatic carbocycles. The lowest BCUT2D eigenvalue weighted by Crippen LogP contribution is -2.11. The van der Waals surface area contributed by atoms with E-state index in [4.69, 9.17) is 0 Å². The Bertz CT molecular complexity index is 1250. The normalized spacial score (nSPS) is 24.0. The summed E-state index contributed by atoms with van der Waals surface area (Å²) in [4.78, 5) is 11.2. The highest BCUT2D eigenvalue weighted by Gasteiger charge is 2.39. The molecule has 0 radical (unpaired) electrons. The smallest absolute Gasteiger partial charge is 0.158 e. The molecule has 0 spiro atoms. The van der Waals surface area contributed by atoms with Crippen molar-refractivity contribution in [1.29, 1.82) is 0 Å². The number of aromatic amines is 1. The zero-order chi connectivity index (χ0) is 20.6. The van der Waals surface area contributed by atoms with E-state index in [-0.39, 0.29) is 0 Å². The Kier molecular flexibility index (Phi) is 4.12. The molecule has 5 heterocycles. The molecule has 5 nitrogen and oxygen atoms in total. The van der Waals surface area contributed by atoms with Gasteiger partial charge in [0.15, 0.2) is 5.65 Å². The molecule has 156 valence electrons. The third kappa shape index (κ3) is 2.63. The van der Waals surface area contributed by atoms with Crippen LogP contribution in [0.25, 0.3) is 27.1 Å². The summed E-state index contributed by atoms with van der Waals surface area (Å²) < 4.78 is 1.90. The van der Waals surface area contributed by atoms with Gasteiger partial charge in [0.1, 0.15) is 11.2 Å². The van der Waals surface area contributed by atoms with E-state index in [1.54, 1.807) is 11.2 Å². The maximum Gasteiger partial charge on any atom is 0.158 e. The van der Waals surface area contributed by atoms with Gasteiger partial charge in [0, 0.05) is 22.0 Å². The summed E-state index contributed by atoms with van der Waals surface area (Å²) in [6.45, 7) is 11.5. The molecule has 1 saturated carbocycles. The van der Waals surface area contributed by atoms with Gasteiger partial charge < -0.3 is 10.3 Å². The molecule has 2 aliphatic rings. The minimum Gasteiger partial charge on any atom is -0.346 e. The molecule has 0 amide bonds. The van der Waals surface area contributed by atoms with Crippen molar-refractivity contribution in [3.05, 3.63) is 40.2 Å². The standard InChI is InChI=1S/C24H29N5S/c1-12(2)19-20-14(4)22(15-6-16-8-25-9-17(16)7-15)30-24(20)28-21(19)18-5-13(3)23-26-11-27-29(23)10-18/h5,10-12,15-17,25,28H,6-9H2,1-4H3/t15-,16+,17-. The second-order valence-electron chi connectivity index (χ2n) is 9.65. The van der Waals surface area contributed by atoms with Crippen molar-refractivity contribution in [2.24, 2.45) is 11.8 Å². The molecule has 1 saturated heterocycles. The predicted molar refractivity (Wildman–Crippen MR) is 124 cm³/mol. The lowest BCUT2D eigenvalue weighted by Gasteiger charge is -2.13. The number of aromatic nitrogens is 4. The number of rotatable bonds is 3. The molecule has 0 unspecified atom stereocenters. The van der Waals surface area contributed by atoms with Gasteiger partial charge in [0.2, 0.25) is 0 Å². The minimum absolute atomic E-state index is 0.453. The predicted octanol–water partition coefficient (Wildman–Crippen LogP) is 5.39. The number of fused-ring (bicyclic) bond motifs is 3. The largest absolute Gasteiger partial charge is 0.346 e. The van der Waals surface area contributed by atoms with E-state index in [0.29, 0.717) is 5.92 Å². The van der Waals surface area contributed by atoms with Crippen molar-refractivity contribution in [2.45, 2.75) is 52.4 Å². The van der Waals surface area contributed by atoms with Crippen LogP contribution in [0.1, 0.15) is 60.1 Å². The number of nitrogens with one attached hydrogen (secondary N) is 2. The van der Waals surface area contributed by atoms with Crippen molar-refractivity contribution in [3.63, 3.8) is 0 Å². The van der Waals surface area contributed by atoms with Crippen LogP contribution in [0.15, 0.2) is 18.6 Å². The molecular weight excluding hydrogens is 390 g/mol. The van der Waals surface area contributed by atoms with Gasteiger partial charge in [-0.1, -0.05) is 13.8 Å². The Morgan fingerprint density at radius 2 is 1.93 bits per heavy atom. The number of thiophene rings is 1. The molecule has 4 aromatic heterocycles. The lowest BCUT2D eigenvalue weighted by molar-refractivity contribution is 0.494. The molecule has 0 bridgehead atoms. The van der Waals surface area contributed by atoms with E-state index < -0.39 is 0 Å². The minimum atomic E-state index is 0.453. The van der Waals surface area contributed by atoms with Crippen molar-refractivity contribution < 1.29 is 0 Å². The fourth-order valence-electron chi connectivity index (χ4n) is 6.05. The first-order chi connectivity index (χ1) is 14.5. The quantitative estimate of drug-likeness (QED) is 0.468. The summed E-state index contributed by atoms with van der Waals surface area (Å²) >= 11 is 2.01. The Morgan fingerprint density at radius 1 is 1.17 bits per heavy atom. The highest BCUT2D eigenvalue weighted by atomic mass is 32.1. The van der Waals surface area contributed by atoms with Crippen molar-refractivity contribution in [2.75, 3.05) is 13.1 Å². The highest BCUT2D eigenvalue weighted by Crippen LogP contribution is 2.50. The van der Waals surface area contributed by atoms with Crippen molar-refractivity contribution >= 4 is 27.2 Å². The third-order valence-electron chi connectivity index (χ3n) is 7.41. The summed E-state index contributed by atoms with van der Waals surface area (Å²) in [5.74, 6) is 2.96. The molecule has 2 fully saturated rings. The first kappa shape index (κ1) is 18.6. The van der Waals surface area contributed by atoms with Crippen LogP contribution in [0.2, 0.25) is 0 Å². The first-order valence-electron chi connectivity index (χ1n) is 11.2. The van der Waals surface area contributed by atoms with Crippen molar-refractivity contribution in [3.8, 4) is 11.3 Å². The number of H-pyrrole nitrogens is 1. The second kappa shape index (κ2) is 6.66. The van der Waals surface area contributed by atoms with Crippen LogP contribution < -0.4 is 5.32 Å². The second-order valence-corrected chi connectivity index (χ2v) is 10.7. The summed E-state index contributed by atoms with van der Waals surface area (Å²) in [5.41, 5.74) is 7.48. The van der Waals surface area contributed by atoms with Gasteiger partial charge in [-0.2, -0.15) is 5.10 Å². The van der Waals surface area contributed by atoms with E-state index in [1.807, 2.05) is 15.9 Å². The molecule has 6 rings (SSSR count). The van der Waals surface area contributed by atoms with E-state index in [2.05, 4.69) is 60.3 Å². The van der Waals surface area contributed by atoms with Gasteiger partial charge in [-0.3, -0.25) is 0 Å². The maximum absolute atomic E-state index is 4.38. The average Bonchev–Trinajstić information content (AvgIpc) is 3.47. The van der Waals surface area contributed by atoms with Crippen LogP contribution in [-0.2, 0) is 0 Å². The van der Waals surface area contributed by atoms with Gasteiger partial charge in [-0.15, -0.1) is 11.3 Å². The van der Waals surface area contributed by atoms with E-state index in [9.17, 15) is 0 Å². The maximum atomic E-state index is 4.38. The van der Waals surface area contributed by atoms with E-state index >= 15 is 0 Å². The van der Waals surface area contributed by atoms with Gasteiger partial charge in [-0.05, 0) is 86.2 Å². The Balaban J connectivity index is 1.48. The first-order valence-corrected chi connectivity index (χ1v) is 12.0. The summed E-state index contributed by atoms with van der Waals surface area (Å²) in [6, 6.07) is 2.24. The monoisotopic (exact) mass is 419 g/mol. The van der Waals surface area contributed by atoms with Crippen LogP contribution in [0, 0.1) is 25.7 Å². The molecule has 4 aromatic rings. The van der Waals surface area contributed by atoms with Gasteiger partial charge in [0.25, 0.3) is 0 Å². The van der Waals surface area contributed by atoms with Gasteiger partial charge in [-0.25, -0.2) is 9.50 Å². The van der Waals surface area contributed by atoms with Crippen LogP contribution in [0.3, 0.4) is 0 Å². The molecule has 2 N–H and O–H groups in total. The molecule has 1 aliphatic heterocycles. The number of hydrogen-bond donors (Lipinski definition) is 2. The Labute approximate surface area is 180 Å². The van der Waals surface area contributed by atoms with Crippen LogP contribution in [-0.4, -0.2) is 32.7 Å². The molecule has 30 heavy (non-hydrogen) atoms. The number of aryl methyl sites for hydroxylation is 2. The van der Waals surface area contributed by atoms with Gasteiger partial charge in [0.05, 0.1) is 5.69 Å². The zero-order valence-corrected chi connectivity index (χ0v) is 18.9. The molecule has 1 aliphatic carbocycles. The van der Waals surface area contributed by atoms with Crippen LogP contribution >= 0.6 is 11.3 Å². The fraction of sp³-hybridized carbons (Fsp3) is 0.500. The lowest BCUT2D eigenvalue weighted by atomic mass is 9.93. The SMILES string of the molecule is Cc1c([C@@H]2C[C@H]3CNC[C@H]3C2)sc2[nH]c(-c3cc(C)c4ncnn4c3)c(C(C)C)c12. The molecular formula is C24H29N5S. The zero-order valence-electron chi connectivity index (χ0n) is 18.1.